The Bertz CT molecular complexity index is 573. The smallest absolute Gasteiger partial charge is 0.244 e. The Hall–Kier alpha value is -1.18. The van der Waals surface area contributed by atoms with Gasteiger partial charge in [0.2, 0.25) is 10.0 Å². The highest BCUT2D eigenvalue weighted by Crippen LogP contribution is 2.25. The minimum absolute atomic E-state index is 0.232. The predicted molar refractivity (Wildman–Crippen MR) is 76.6 cm³/mol. The SMILES string of the molecule is Nc1ccc(S(=O)(=O)N2CCN3CCCCC3C2)cn1. The lowest BCUT2D eigenvalue weighted by Gasteiger charge is -2.43. The first-order valence-electron chi connectivity index (χ1n) is 7.03. The molecule has 2 N–H and O–H groups in total. The van der Waals surface area contributed by atoms with Crippen molar-refractivity contribution in [1.82, 2.24) is 14.2 Å². The quantitative estimate of drug-likeness (QED) is 0.861. The summed E-state index contributed by atoms with van der Waals surface area (Å²) >= 11 is 0. The highest BCUT2D eigenvalue weighted by molar-refractivity contribution is 7.89. The molecular formula is C13H20N4O2S. The summed E-state index contributed by atoms with van der Waals surface area (Å²) in [6.45, 7) is 3.07. The van der Waals surface area contributed by atoms with Crippen molar-refractivity contribution < 1.29 is 8.42 Å². The maximum absolute atomic E-state index is 12.6. The van der Waals surface area contributed by atoms with E-state index < -0.39 is 10.0 Å². The van der Waals surface area contributed by atoms with Crippen LogP contribution in [0.25, 0.3) is 0 Å². The van der Waals surface area contributed by atoms with Crippen molar-refractivity contribution in [1.29, 1.82) is 0 Å². The molecule has 2 aliphatic rings. The molecule has 2 fully saturated rings. The molecule has 2 aliphatic heterocycles. The summed E-state index contributed by atoms with van der Waals surface area (Å²) in [5.41, 5.74) is 5.51. The molecule has 0 aromatic carbocycles. The highest BCUT2D eigenvalue weighted by Gasteiger charge is 2.35. The van der Waals surface area contributed by atoms with E-state index in [-0.39, 0.29) is 4.90 Å². The molecule has 2 saturated heterocycles. The van der Waals surface area contributed by atoms with E-state index in [0.29, 0.717) is 24.9 Å². The van der Waals surface area contributed by atoms with Gasteiger partial charge in [-0.2, -0.15) is 4.31 Å². The topological polar surface area (TPSA) is 79.5 Å². The zero-order chi connectivity index (χ0) is 14.2. The molecule has 1 aromatic heterocycles. The minimum Gasteiger partial charge on any atom is -0.384 e. The number of hydrogen-bond donors (Lipinski definition) is 1. The maximum Gasteiger partial charge on any atom is 0.244 e. The summed E-state index contributed by atoms with van der Waals surface area (Å²) in [6, 6.07) is 3.43. The molecule has 0 aliphatic carbocycles. The van der Waals surface area contributed by atoms with Crippen LogP contribution in [0.3, 0.4) is 0 Å². The number of hydrogen-bond acceptors (Lipinski definition) is 5. The van der Waals surface area contributed by atoms with Crippen LogP contribution in [0.1, 0.15) is 19.3 Å². The van der Waals surface area contributed by atoms with E-state index in [1.165, 1.54) is 31.2 Å². The summed E-state index contributed by atoms with van der Waals surface area (Å²) in [5, 5.41) is 0. The fourth-order valence-corrected chi connectivity index (χ4v) is 4.45. The molecule has 3 rings (SSSR count). The Morgan fingerprint density at radius 2 is 2.05 bits per heavy atom. The van der Waals surface area contributed by atoms with Crippen LogP contribution in [0.5, 0.6) is 0 Å². The van der Waals surface area contributed by atoms with Crippen molar-refractivity contribution in [3.8, 4) is 0 Å². The van der Waals surface area contributed by atoms with Crippen LogP contribution in [0, 0.1) is 0 Å². The monoisotopic (exact) mass is 296 g/mol. The molecule has 6 nitrogen and oxygen atoms in total. The van der Waals surface area contributed by atoms with Crippen LogP contribution < -0.4 is 5.73 Å². The molecule has 110 valence electrons. The lowest BCUT2D eigenvalue weighted by molar-refractivity contribution is 0.0851. The number of nitrogen functional groups attached to an aromatic ring is 1. The number of rotatable bonds is 2. The summed E-state index contributed by atoms with van der Waals surface area (Å²) in [6.07, 6.45) is 4.85. The number of piperidine rings is 1. The Balaban J connectivity index is 1.79. The van der Waals surface area contributed by atoms with Gasteiger partial charge < -0.3 is 5.73 Å². The normalized spacial score (nSPS) is 25.3. The number of pyridine rings is 1. The van der Waals surface area contributed by atoms with E-state index in [0.717, 1.165) is 19.5 Å². The van der Waals surface area contributed by atoms with Gasteiger partial charge in [-0.1, -0.05) is 6.42 Å². The second-order valence-electron chi connectivity index (χ2n) is 5.47. The van der Waals surface area contributed by atoms with Crippen LogP contribution in [-0.2, 0) is 10.0 Å². The van der Waals surface area contributed by atoms with E-state index in [2.05, 4.69) is 9.88 Å². The molecule has 1 atom stereocenters. The molecule has 1 aromatic rings. The van der Waals surface area contributed by atoms with Crippen molar-refractivity contribution in [2.24, 2.45) is 0 Å². The Morgan fingerprint density at radius 1 is 1.20 bits per heavy atom. The van der Waals surface area contributed by atoms with Crippen molar-refractivity contribution >= 4 is 15.8 Å². The van der Waals surface area contributed by atoms with Crippen molar-refractivity contribution in [2.75, 3.05) is 31.9 Å². The van der Waals surface area contributed by atoms with Gasteiger partial charge in [-0.05, 0) is 31.5 Å². The average Bonchev–Trinajstić information content (AvgIpc) is 2.47. The summed E-state index contributed by atoms with van der Waals surface area (Å²) < 4.78 is 26.8. The largest absolute Gasteiger partial charge is 0.384 e. The number of anilines is 1. The molecule has 3 heterocycles. The molecule has 0 amide bonds. The Morgan fingerprint density at radius 3 is 2.80 bits per heavy atom. The molecule has 0 saturated carbocycles. The van der Waals surface area contributed by atoms with E-state index in [9.17, 15) is 8.42 Å². The van der Waals surface area contributed by atoms with Gasteiger partial charge in [0.05, 0.1) is 0 Å². The third-order valence-corrected chi connectivity index (χ3v) is 6.05. The van der Waals surface area contributed by atoms with Crippen LogP contribution in [0.2, 0.25) is 0 Å². The van der Waals surface area contributed by atoms with E-state index >= 15 is 0 Å². The van der Waals surface area contributed by atoms with Gasteiger partial charge in [-0.3, -0.25) is 4.90 Å². The fourth-order valence-electron chi connectivity index (χ4n) is 3.04. The Labute approximate surface area is 119 Å². The lowest BCUT2D eigenvalue weighted by Crippen LogP contribution is -2.56. The van der Waals surface area contributed by atoms with Gasteiger partial charge in [0.15, 0.2) is 0 Å². The number of sulfonamides is 1. The molecule has 0 radical (unpaired) electrons. The van der Waals surface area contributed by atoms with Crippen LogP contribution in [0.15, 0.2) is 23.2 Å². The zero-order valence-electron chi connectivity index (χ0n) is 11.4. The van der Waals surface area contributed by atoms with Crippen molar-refractivity contribution in [2.45, 2.75) is 30.2 Å². The predicted octanol–water partition coefficient (Wildman–Crippen LogP) is 0.523. The van der Waals surface area contributed by atoms with Gasteiger partial charge in [-0.25, -0.2) is 13.4 Å². The third-order valence-electron chi connectivity index (χ3n) is 4.20. The zero-order valence-corrected chi connectivity index (χ0v) is 12.2. The Kier molecular flexibility index (Phi) is 3.66. The van der Waals surface area contributed by atoms with Gasteiger partial charge in [0.25, 0.3) is 0 Å². The average molecular weight is 296 g/mol. The van der Waals surface area contributed by atoms with Gasteiger partial charge in [-0.15, -0.1) is 0 Å². The van der Waals surface area contributed by atoms with E-state index in [1.807, 2.05) is 0 Å². The molecule has 0 bridgehead atoms. The van der Waals surface area contributed by atoms with Crippen molar-refractivity contribution in [3.63, 3.8) is 0 Å². The second kappa shape index (κ2) is 5.31. The van der Waals surface area contributed by atoms with E-state index in [4.69, 9.17) is 5.73 Å². The number of aromatic nitrogens is 1. The molecule has 1 unspecified atom stereocenters. The number of nitrogens with zero attached hydrogens (tertiary/aromatic N) is 3. The van der Waals surface area contributed by atoms with Gasteiger partial charge in [0, 0.05) is 31.9 Å². The van der Waals surface area contributed by atoms with Crippen molar-refractivity contribution in [3.05, 3.63) is 18.3 Å². The fraction of sp³-hybridized carbons (Fsp3) is 0.615. The van der Waals surface area contributed by atoms with Crippen LogP contribution in [0.4, 0.5) is 5.82 Å². The molecular weight excluding hydrogens is 276 g/mol. The minimum atomic E-state index is -3.44. The highest BCUT2D eigenvalue weighted by atomic mass is 32.2. The first-order valence-corrected chi connectivity index (χ1v) is 8.47. The standard InChI is InChI=1S/C13H20N4O2S/c14-13-5-4-12(9-15-13)20(18,19)17-8-7-16-6-2-1-3-11(16)10-17/h4-5,9,11H,1-3,6-8,10H2,(H2,14,15). The molecule has 20 heavy (non-hydrogen) atoms. The first-order chi connectivity index (χ1) is 9.57. The number of fused-ring (bicyclic) bond motifs is 1. The molecule has 0 spiro atoms. The van der Waals surface area contributed by atoms with E-state index in [1.54, 1.807) is 4.31 Å². The second-order valence-corrected chi connectivity index (χ2v) is 7.41. The lowest BCUT2D eigenvalue weighted by atomic mass is 10.0. The first kappa shape index (κ1) is 13.8. The van der Waals surface area contributed by atoms with Gasteiger partial charge >= 0.3 is 0 Å². The van der Waals surface area contributed by atoms with Crippen LogP contribution in [-0.4, -0.2) is 54.8 Å². The number of nitrogens with two attached hydrogens (primary N) is 1. The van der Waals surface area contributed by atoms with Gasteiger partial charge in [0.1, 0.15) is 10.7 Å². The summed E-state index contributed by atoms with van der Waals surface area (Å²) in [5.74, 6) is 0.334. The number of piperazine rings is 1. The molecule has 7 heteroatoms. The third kappa shape index (κ3) is 2.53. The summed E-state index contributed by atoms with van der Waals surface area (Å²) in [4.78, 5) is 6.53. The maximum atomic E-state index is 12.6. The van der Waals surface area contributed by atoms with Crippen LogP contribution >= 0.6 is 0 Å². The summed E-state index contributed by atoms with van der Waals surface area (Å²) in [7, 11) is -3.44.